The Morgan fingerprint density at radius 3 is 1.66 bits per heavy atom. The maximum Gasteiger partial charge on any atom is 0.397 e. The van der Waals surface area contributed by atoms with Crippen LogP contribution in [0.15, 0.2) is 24.3 Å². The molecule has 14 heteroatoms. The van der Waals surface area contributed by atoms with Crippen LogP contribution in [0.4, 0.5) is 0 Å². The molecule has 13 nitrogen and oxygen atoms in total. The highest BCUT2D eigenvalue weighted by Gasteiger charge is 2.48. The summed E-state index contributed by atoms with van der Waals surface area (Å²) in [6.45, 7) is 3.17. The third kappa shape index (κ3) is 25.8. The van der Waals surface area contributed by atoms with Crippen LogP contribution >= 0.6 is 0 Å². The normalized spacial score (nSPS) is 22.2. The van der Waals surface area contributed by atoms with Crippen LogP contribution < -0.4 is 5.32 Å². The highest BCUT2D eigenvalue weighted by molar-refractivity contribution is 7.80. The second kappa shape index (κ2) is 33.4. The van der Waals surface area contributed by atoms with Crippen molar-refractivity contribution in [2.75, 3.05) is 13.2 Å². The van der Waals surface area contributed by atoms with Crippen LogP contribution in [0.1, 0.15) is 174 Å². The predicted octanol–water partition coefficient (Wildman–Crippen LogP) is 6.74. The fourth-order valence-corrected chi connectivity index (χ4v) is 7.32. The average Bonchev–Trinajstić information content (AvgIpc) is 3.16. The number of unbranched alkanes of at least 4 members (excludes halogenated alkanes) is 21. The third-order valence-electron chi connectivity index (χ3n) is 10.3. The Balaban J connectivity index is 2.66. The molecule has 0 bridgehead atoms. The van der Waals surface area contributed by atoms with E-state index in [0.29, 0.717) is 12.8 Å². The topological polar surface area (TPSA) is 212 Å². The molecule has 0 aromatic carbocycles. The van der Waals surface area contributed by atoms with Crippen molar-refractivity contribution in [2.24, 2.45) is 0 Å². The Hall–Kier alpha value is -1.46. The number of hydrogen-bond donors (Lipinski definition) is 7. The lowest BCUT2D eigenvalue weighted by Gasteiger charge is -2.41. The molecule has 1 fully saturated rings. The van der Waals surface area contributed by atoms with E-state index in [2.05, 4.69) is 35.5 Å². The molecule has 0 aliphatic carbocycles. The van der Waals surface area contributed by atoms with Crippen LogP contribution in [0.3, 0.4) is 0 Å². The van der Waals surface area contributed by atoms with Crippen molar-refractivity contribution in [1.29, 1.82) is 0 Å². The van der Waals surface area contributed by atoms with Gasteiger partial charge < -0.3 is 40.3 Å². The number of allylic oxidation sites excluding steroid dienone is 3. The number of carbonyl (C=O) groups excluding carboxylic acids is 1. The van der Waals surface area contributed by atoms with E-state index in [1.165, 1.54) is 109 Å². The molecule has 7 N–H and O–H groups in total. The number of hydrogen-bond acceptors (Lipinski definition) is 11. The Bertz CT molecular complexity index is 1120. The molecule has 0 aromatic rings. The monoisotopic (exact) mass is 822 g/mol. The first kappa shape index (κ1) is 52.6. The highest BCUT2D eigenvalue weighted by Crippen LogP contribution is 2.26. The zero-order valence-corrected chi connectivity index (χ0v) is 35.4. The smallest absolute Gasteiger partial charge is 0.394 e. The first-order valence-corrected chi connectivity index (χ1v) is 23.2. The largest absolute Gasteiger partial charge is 0.397 e. The van der Waals surface area contributed by atoms with Gasteiger partial charge in [-0.15, -0.1) is 0 Å². The van der Waals surface area contributed by atoms with Crippen molar-refractivity contribution in [2.45, 2.75) is 223 Å². The molecule has 0 aromatic heterocycles. The Morgan fingerprint density at radius 1 is 0.714 bits per heavy atom. The Labute approximate surface area is 338 Å². The standard InChI is InChI=1S/C42H79NO12S/c1-3-5-7-9-11-13-15-17-18-19-21-22-24-26-28-30-35(45)34(33-53-42-39(48)40(55-56(50,51)52)38(47)37(32-44)54-42)43-41(49)36(46)31-29-27-25-23-20-16-14-12-10-8-6-4-2/h20,23,28,30,34-40,42,44-48H,3-19,21-22,24-27,29,31-33H2,1-2H3,(H,43,49)(H,50,51,52)/b23-20-,30-28+. The molecular formula is C42H79NO12S. The highest BCUT2D eigenvalue weighted by atomic mass is 32.3. The van der Waals surface area contributed by atoms with Gasteiger partial charge in [0.15, 0.2) is 6.29 Å². The van der Waals surface area contributed by atoms with Crippen molar-refractivity contribution in [3.63, 3.8) is 0 Å². The number of aliphatic hydroxyl groups is 5. The molecule has 1 rings (SSSR count). The Morgan fingerprint density at radius 2 is 1.18 bits per heavy atom. The molecule has 8 unspecified atom stereocenters. The maximum atomic E-state index is 13.0. The van der Waals surface area contributed by atoms with E-state index in [1.807, 2.05) is 6.08 Å². The van der Waals surface area contributed by atoms with Crippen molar-refractivity contribution in [1.82, 2.24) is 5.32 Å². The number of aliphatic hydroxyl groups excluding tert-OH is 5. The van der Waals surface area contributed by atoms with Gasteiger partial charge in [-0.05, 0) is 44.9 Å². The molecule has 1 aliphatic rings. The number of ether oxygens (including phenoxy) is 2. The number of nitrogens with one attached hydrogen (secondary N) is 1. The second-order valence-corrected chi connectivity index (χ2v) is 16.5. The fraction of sp³-hybridized carbons (Fsp3) is 0.881. The van der Waals surface area contributed by atoms with Crippen LogP contribution in [0.5, 0.6) is 0 Å². The average molecular weight is 822 g/mol. The first-order chi connectivity index (χ1) is 26.9. The van der Waals surface area contributed by atoms with Crippen LogP contribution in [0.25, 0.3) is 0 Å². The van der Waals surface area contributed by atoms with E-state index in [9.17, 15) is 38.7 Å². The van der Waals surface area contributed by atoms with Gasteiger partial charge in [-0.1, -0.05) is 154 Å². The summed E-state index contributed by atoms with van der Waals surface area (Å²) in [5.74, 6) is -0.720. The van der Waals surface area contributed by atoms with E-state index in [4.69, 9.17) is 14.0 Å². The fourth-order valence-electron chi connectivity index (χ4n) is 6.81. The van der Waals surface area contributed by atoms with E-state index in [1.54, 1.807) is 0 Å². The summed E-state index contributed by atoms with van der Waals surface area (Å²) < 4.78 is 47.4. The van der Waals surface area contributed by atoms with Crippen molar-refractivity contribution >= 4 is 16.3 Å². The van der Waals surface area contributed by atoms with Crippen LogP contribution in [0, 0.1) is 0 Å². The summed E-state index contributed by atoms with van der Waals surface area (Å²) in [6.07, 6.45) is 24.1. The summed E-state index contributed by atoms with van der Waals surface area (Å²) in [5, 5.41) is 55.0. The molecule has 0 spiro atoms. The third-order valence-corrected chi connectivity index (χ3v) is 10.8. The van der Waals surface area contributed by atoms with Gasteiger partial charge in [-0.25, -0.2) is 4.18 Å². The zero-order chi connectivity index (χ0) is 41.4. The van der Waals surface area contributed by atoms with Crippen molar-refractivity contribution in [3.05, 3.63) is 24.3 Å². The maximum absolute atomic E-state index is 13.0. The first-order valence-electron chi connectivity index (χ1n) is 21.8. The van der Waals surface area contributed by atoms with Gasteiger partial charge in [0.05, 0.1) is 25.4 Å². The van der Waals surface area contributed by atoms with Gasteiger partial charge in [0, 0.05) is 0 Å². The van der Waals surface area contributed by atoms with Gasteiger partial charge in [0.2, 0.25) is 5.91 Å². The number of carbonyl (C=O) groups is 1. The number of rotatable bonds is 36. The minimum Gasteiger partial charge on any atom is -0.394 e. The molecular weight excluding hydrogens is 743 g/mol. The summed E-state index contributed by atoms with van der Waals surface area (Å²) in [4.78, 5) is 13.0. The predicted molar refractivity (Wildman–Crippen MR) is 219 cm³/mol. The van der Waals surface area contributed by atoms with Crippen LogP contribution in [-0.2, 0) is 28.9 Å². The van der Waals surface area contributed by atoms with E-state index >= 15 is 0 Å². The molecule has 56 heavy (non-hydrogen) atoms. The van der Waals surface area contributed by atoms with Crippen molar-refractivity contribution < 1.29 is 57.0 Å². The SMILES string of the molecule is CCCCCCCC/C=C\CCCCC(O)C(=O)NC(COC1OC(CO)C(O)C(OS(=O)(=O)O)C1O)C(O)/C=C/CCCCCCCCCCCCCCC. The minimum absolute atomic E-state index is 0.213. The minimum atomic E-state index is -5.12. The Kier molecular flexibility index (Phi) is 31.3. The van der Waals surface area contributed by atoms with Crippen molar-refractivity contribution in [3.8, 4) is 0 Å². The number of amides is 1. The van der Waals surface area contributed by atoms with Crippen LogP contribution in [0.2, 0.25) is 0 Å². The van der Waals surface area contributed by atoms with Gasteiger partial charge in [-0.3, -0.25) is 9.35 Å². The summed E-state index contributed by atoms with van der Waals surface area (Å²) in [7, 11) is -5.12. The molecule has 1 aliphatic heterocycles. The van der Waals surface area contributed by atoms with E-state index in [-0.39, 0.29) is 6.42 Å². The molecule has 0 radical (unpaired) electrons. The summed E-state index contributed by atoms with van der Waals surface area (Å²) in [6, 6.07) is -1.12. The van der Waals surface area contributed by atoms with Gasteiger partial charge >= 0.3 is 10.4 Å². The summed E-state index contributed by atoms with van der Waals surface area (Å²) >= 11 is 0. The molecule has 8 atom stereocenters. The van der Waals surface area contributed by atoms with Gasteiger partial charge in [-0.2, -0.15) is 8.42 Å². The van der Waals surface area contributed by atoms with E-state index < -0.39 is 78.5 Å². The molecule has 1 saturated heterocycles. The quantitative estimate of drug-likeness (QED) is 0.0199. The molecule has 1 heterocycles. The van der Waals surface area contributed by atoms with Crippen LogP contribution in [-0.4, -0.2) is 107 Å². The lowest BCUT2D eigenvalue weighted by atomic mass is 9.99. The zero-order valence-electron chi connectivity index (χ0n) is 34.6. The lowest BCUT2D eigenvalue weighted by Crippen LogP contribution is -2.61. The molecule has 0 saturated carbocycles. The second-order valence-electron chi connectivity index (χ2n) is 15.4. The summed E-state index contributed by atoms with van der Waals surface area (Å²) in [5.41, 5.74) is 0. The van der Waals surface area contributed by atoms with E-state index in [0.717, 1.165) is 38.5 Å². The van der Waals surface area contributed by atoms with Gasteiger partial charge in [0.25, 0.3) is 0 Å². The molecule has 330 valence electrons. The lowest BCUT2D eigenvalue weighted by molar-refractivity contribution is -0.298. The van der Waals surface area contributed by atoms with Gasteiger partial charge in [0.1, 0.15) is 30.5 Å². The molecule has 1 amide bonds.